The van der Waals surface area contributed by atoms with Crippen LogP contribution in [0, 0.1) is 0 Å². The minimum absolute atomic E-state index is 0.112. The number of rotatable bonds is 3. The molecule has 2 N–H and O–H groups in total. The van der Waals surface area contributed by atoms with Gasteiger partial charge in [-0.1, -0.05) is 26.5 Å². The van der Waals surface area contributed by atoms with Crippen LogP contribution < -0.4 is 0 Å². The lowest BCUT2D eigenvalue weighted by Gasteiger charge is -2.02. The highest BCUT2D eigenvalue weighted by Gasteiger charge is 2.08. The number of phenolic OH excluding ortho intramolecular Hbond substituents is 2. The highest BCUT2D eigenvalue weighted by molar-refractivity contribution is 5.90. The van der Waals surface area contributed by atoms with Gasteiger partial charge in [0.15, 0.2) is 11.5 Å². The van der Waals surface area contributed by atoms with Crippen molar-refractivity contribution < 1.29 is 19.7 Å². The molecule has 0 unspecified atom stereocenters. The van der Waals surface area contributed by atoms with Gasteiger partial charge >= 0.3 is 5.97 Å². The molecule has 0 aliphatic heterocycles. The van der Waals surface area contributed by atoms with Crippen LogP contribution >= 0.6 is 0 Å². The first-order chi connectivity index (χ1) is 7.65. The summed E-state index contributed by atoms with van der Waals surface area (Å²) in [5.74, 6) is -1.19. The Balaban J connectivity index is 0.00000106. The number of benzene rings is 1. The summed E-state index contributed by atoms with van der Waals surface area (Å²) in [4.78, 5) is 11.2. The molecular weight excluding hydrogens is 208 g/mol. The Kier molecular flexibility index (Phi) is 6.43. The maximum absolute atomic E-state index is 11.2. The number of phenols is 2. The highest BCUT2D eigenvalue weighted by atomic mass is 16.5. The van der Waals surface area contributed by atoms with E-state index in [9.17, 15) is 4.79 Å². The second-order valence-corrected chi connectivity index (χ2v) is 2.59. The second kappa shape index (κ2) is 7.34. The van der Waals surface area contributed by atoms with Gasteiger partial charge in [-0.15, -0.1) is 0 Å². The van der Waals surface area contributed by atoms with Gasteiger partial charge in [-0.3, -0.25) is 0 Å². The predicted octanol–water partition coefficient (Wildman–Crippen LogP) is 2.47. The van der Waals surface area contributed by atoms with Gasteiger partial charge in [-0.05, 0) is 18.2 Å². The zero-order valence-corrected chi connectivity index (χ0v) is 9.43. The first-order valence-corrected chi connectivity index (χ1v) is 4.95. The van der Waals surface area contributed by atoms with E-state index >= 15 is 0 Å². The summed E-state index contributed by atoms with van der Waals surface area (Å²) in [6, 6.07) is 3.72. The molecule has 0 spiro atoms. The average molecular weight is 224 g/mol. The fourth-order valence-electron chi connectivity index (χ4n) is 0.868. The van der Waals surface area contributed by atoms with Gasteiger partial charge in [0, 0.05) is 0 Å². The van der Waals surface area contributed by atoms with Crippen molar-refractivity contribution in [3.05, 3.63) is 36.4 Å². The topological polar surface area (TPSA) is 66.8 Å². The maximum Gasteiger partial charge on any atom is 0.338 e. The van der Waals surface area contributed by atoms with Crippen molar-refractivity contribution in [1.82, 2.24) is 0 Å². The molecule has 0 amide bonds. The smallest absolute Gasteiger partial charge is 0.338 e. The number of aromatic hydroxyl groups is 2. The molecule has 1 rings (SSSR count). The second-order valence-electron chi connectivity index (χ2n) is 2.59. The summed E-state index contributed by atoms with van der Waals surface area (Å²) >= 11 is 0. The Morgan fingerprint density at radius 1 is 1.38 bits per heavy atom. The van der Waals surface area contributed by atoms with Gasteiger partial charge in [-0.2, -0.15) is 0 Å². The van der Waals surface area contributed by atoms with Gasteiger partial charge in [0.2, 0.25) is 0 Å². The van der Waals surface area contributed by atoms with E-state index in [-0.39, 0.29) is 23.7 Å². The summed E-state index contributed by atoms with van der Waals surface area (Å²) in [6.07, 6.45) is 1.44. The Labute approximate surface area is 94.8 Å². The molecule has 88 valence electrons. The van der Waals surface area contributed by atoms with Crippen LogP contribution in [0.1, 0.15) is 24.2 Å². The van der Waals surface area contributed by atoms with E-state index in [1.54, 1.807) is 0 Å². The van der Waals surface area contributed by atoms with Crippen molar-refractivity contribution in [2.45, 2.75) is 13.8 Å². The number of hydrogen-bond donors (Lipinski definition) is 2. The summed E-state index contributed by atoms with van der Waals surface area (Å²) in [5, 5.41) is 18.1. The minimum Gasteiger partial charge on any atom is -0.504 e. The molecule has 4 heteroatoms. The molecule has 0 atom stereocenters. The Bertz CT molecular complexity index is 358. The molecule has 1 aromatic carbocycles. The van der Waals surface area contributed by atoms with E-state index in [4.69, 9.17) is 14.9 Å². The number of carbonyl (C=O) groups excluding carboxylic acids is 1. The van der Waals surface area contributed by atoms with Crippen LogP contribution in [-0.2, 0) is 4.74 Å². The highest BCUT2D eigenvalue weighted by Crippen LogP contribution is 2.24. The van der Waals surface area contributed by atoms with E-state index in [0.717, 1.165) is 6.07 Å². The van der Waals surface area contributed by atoms with Crippen molar-refractivity contribution in [2.75, 3.05) is 6.61 Å². The maximum atomic E-state index is 11.2. The summed E-state index contributed by atoms with van der Waals surface area (Å²) < 4.78 is 4.72. The van der Waals surface area contributed by atoms with Crippen molar-refractivity contribution in [3.8, 4) is 11.5 Å². The lowest BCUT2D eigenvalue weighted by atomic mass is 10.2. The van der Waals surface area contributed by atoms with Crippen LogP contribution in [0.15, 0.2) is 30.9 Å². The SMILES string of the molecule is C=CCOC(=O)c1ccc(O)c(O)c1.CC. The number of carbonyl (C=O) groups is 1. The van der Waals surface area contributed by atoms with Crippen LogP contribution in [0.2, 0.25) is 0 Å². The largest absolute Gasteiger partial charge is 0.504 e. The number of ether oxygens (including phenoxy) is 1. The first-order valence-electron chi connectivity index (χ1n) is 4.95. The molecule has 0 fully saturated rings. The van der Waals surface area contributed by atoms with Crippen LogP contribution in [0.3, 0.4) is 0 Å². The normalized spacial score (nSPS) is 8.62. The van der Waals surface area contributed by atoms with Gasteiger partial charge in [0.25, 0.3) is 0 Å². The molecule has 4 nitrogen and oxygen atoms in total. The van der Waals surface area contributed by atoms with E-state index in [1.807, 2.05) is 13.8 Å². The lowest BCUT2D eigenvalue weighted by molar-refractivity contribution is 0.0549. The van der Waals surface area contributed by atoms with E-state index < -0.39 is 5.97 Å². The van der Waals surface area contributed by atoms with Crippen molar-refractivity contribution >= 4 is 5.97 Å². The van der Waals surface area contributed by atoms with Crippen LogP contribution in [0.4, 0.5) is 0 Å². The number of hydrogen-bond acceptors (Lipinski definition) is 4. The molecule has 0 saturated heterocycles. The van der Waals surface area contributed by atoms with Gasteiger partial charge in [0.05, 0.1) is 5.56 Å². The molecular formula is C12H16O4. The van der Waals surface area contributed by atoms with E-state index in [0.29, 0.717) is 0 Å². The third-order valence-electron chi connectivity index (χ3n) is 1.54. The van der Waals surface area contributed by atoms with Gasteiger partial charge in [0.1, 0.15) is 6.61 Å². The van der Waals surface area contributed by atoms with Gasteiger partial charge in [-0.25, -0.2) is 4.79 Å². The van der Waals surface area contributed by atoms with Crippen LogP contribution in [-0.4, -0.2) is 22.8 Å². The summed E-state index contributed by atoms with van der Waals surface area (Å²) in [7, 11) is 0. The fraction of sp³-hybridized carbons (Fsp3) is 0.250. The Morgan fingerprint density at radius 3 is 2.50 bits per heavy atom. The molecule has 0 radical (unpaired) electrons. The zero-order valence-electron chi connectivity index (χ0n) is 9.43. The molecule has 0 aliphatic carbocycles. The third-order valence-corrected chi connectivity index (χ3v) is 1.54. The van der Waals surface area contributed by atoms with E-state index in [1.165, 1.54) is 18.2 Å². The van der Waals surface area contributed by atoms with Crippen molar-refractivity contribution in [3.63, 3.8) is 0 Å². The summed E-state index contributed by atoms with van der Waals surface area (Å²) in [6.45, 7) is 7.50. The van der Waals surface area contributed by atoms with Crippen molar-refractivity contribution in [2.24, 2.45) is 0 Å². The van der Waals surface area contributed by atoms with Crippen molar-refractivity contribution in [1.29, 1.82) is 0 Å². The number of esters is 1. The average Bonchev–Trinajstić information content (AvgIpc) is 2.32. The predicted molar refractivity (Wildman–Crippen MR) is 61.6 cm³/mol. The molecule has 0 bridgehead atoms. The van der Waals surface area contributed by atoms with Crippen LogP contribution in [0.25, 0.3) is 0 Å². The molecule has 16 heavy (non-hydrogen) atoms. The fourth-order valence-corrected chi connectivity index (χ4v) is 0.868. The van der Waals surface area contributed by atoms with Crippen LogP contribution in [0.5, 0.6) is 11.5 Å². The quantitative estimate of drug-likeness (QED) is 0.470. The molecule has 0 aliphatic rings. The zero-order chi connectivity index (χ0) is 12.6. The first kappa shape index (κ1) is 14.0. The monoisotopic (exact) mass is 224 g/mol. The molecule has 0 heterocycles. The van der Waals surface area contributed by atoms with Gasteiger partial charge < -0.3 is 14.9 Å². The summed E-state index contributed by atoms with van der Waals surface area (Å²) in [5.41, 5.74) is 0.183. The Hall–Kier alpha value is -1.97. The minimum atomic E-state index is -0.569. The molecule has 0 saturated carbocycles. The van der Waals surface area contributed by atoms with E-state index in [2.05, 4.69) is 6.58 Å². The third kappa shape index (κ3) is 4.04. The molecule has 1 aromatic rings. The Morgan fingerprint density at radius 2 is 2.00 bits per heavy atom. The molecule has 0 aromatic heterocycles. The lowest BCUT2D eigenvalue weighted by Crippen LogP contribution is -2.04. The standard InChI is InChI=1S/C10H10O4.C2H6/c1-2-5-14-10(13)7-3-4-8(11)9(12)6-7;1-2/h2-4,6,11-12H,1,5H2;1-2H3.